The molecule has 2 nitrogen and oxygen atoms in total. The Kier molecular flexibility index (Phi) is 2.71. The number of hydrogen-bond acceptors (Lipinski definition) is 1. The molecule has 13 heavy (non-hydrogen) atoms. The molecule has 2 heteroatoms. The fourth-order valence-corrected chi connectivity index (χ4v) is 1.78. The third-order valence-electron chi connectivity index (χ3n) is 2.15. The van der Waals surface area contributed by atoms with Crippen LogP contribution < -0.4 is 4.90 Å². The Bertz CT molecular complexity index is 308. The van der Waals surface area contributed by atoms with Crippen LogP contribution in [0.2, 0.25) is 0 Å². The predicted octanol–water partition coefficient (Wildman–Crippen LogP) is 2.20. The molecule has 0 radical (unpaired) electrons. The van der Waals surface area contributed by atoms with Crippen molar-refractivity contribution in [3.63, 3.8) is 0 Å². The molecule has 0 saturated carbocycles. The van der Waals surface area contributed by atoms with Gasteiger partial charge < -0.3 is 4.90 Å². The van der Waals surface area contributed by atoms with Crippen molar-refractivity contribution in [1.29, 1.82) is 0 Å². The number of carbonyl (C=O) groups excluding carboxylic acids is 1. The molecule has 0 unspecified atom stereocenters. The topological polar surface area (TPSA) is 20.3 Å². The number of amides is 1. The summed E-state index contributed by atoms with van der Waals surface area (Å²) < 4.78 is 0. The SMILES string of the molecule is Cc1cc(C)c(N(C)C=O)c(C)c1. The van der Waals surface area contributed by atoms with Crippen LogP contribution in [-0.2, 0) is 4.79 Å². The lowest BCUT2D eigenvalue weighted by molar-refractivity contribution is -0.107. The van der Waals surface area contributed by atoms with Crippen molar-refractivity contribution in [2.75, 3.05) is 11.9 Å². The minimum atomic E-state index is 0.838. The molecule has 0 aliphatic heterocycles. The Balaban J connectivity index is 3.28. The van der Waals surface area contributed by atoms with Gasteiger partial charge in [-0.15, -0.1) is 0 Å². The average Bonchev–Trinajstić information content (AvgIpc) is 2.02. The lowest BCUT2D eigenvalue weighted by Gasteiger charge is -2.17. The molecule has 1 amide bonds. The first kappa shape index (κ1) is 9.78. The van der Waals surface area contributed by atoms with E-state index in [9.17, 15) is 4.79 Å². The molecule has 0 bridgehead atoms. The number of carbonyl (C=O) groups is 1. The molecular weight excluding hydrogens is 162 g/mol. The van der Waals surface area contributed by atoms with E-state index >= 15 is 0 Å². The van der Waals surface area contributed by atoms with Gasteiger partial charge in [0.25, 0.3) is 0 Å². The average molecular weight is 177 g/mol. The van der Waals surface area contributed by atoms with E-state index in [-0.39, 0.29) is 0 Å². The zero-order chi connectivity index (χ0) is 10.0. The summed E-state index contributed by atoms with van der Waals surface area (Å²) in [4.78, 5) is 12.2. The second kappa shape index (κ2) is 3.60. The van der Waals surface area contributed by atoms with Gasteiger partial charge in [0.1, 0.15) is 0 Å². The standard InChI is InChI=1S/C11H15NO/c1-8-5-9(2)11(10(3)6-8)12(4)7-13/h5-7H,1-4H3. The van der Waals surface area contributed by atoms with Crippen LogP contribution in [0.4, 0.5) is 5.69 Å². The monoisotopic (exact) mass is 177 g/mol. The Hall–Kier alpha value is -1.31. The van der Waals surface area contributed by atoms with Gasteiger partial charge in [-0.3, -0.25) is 4.79 Å². The van der Waals surface area contributed by atoms with Gasteiger partial charge in [0.05, 0.1) is 0 Å². The highest BCUT2D eigenvalue weighted by Gasteiger charge is 2.06. The quantitative estimate of drug-likeness (QED) is 0.634. The van der Waals surface area contributed by atoms with Gasteiger partial charge in [-0.25, -0.2) is 0 Å². The van der Waals surface area contributed by atoms with Crippen molar-refractivity contribution in [2.45, 2.75) is 20.8 Å². The maximum absolute atomic E-state index is 10.6. The van der Waals surface area contributed by atoms with E-state index in [0.29, 0.717) is 0 Å². The van der Waals surface area contributed by atoms with Crippen LogP contribution in [0, 0.1) is 20.8 Å². The van der Waals surface area contributed by atoms with Crippen LogP contribution >= 0.6 is 0 Å². The molecule has 0 heterocycles. The third kappa shape index (κ3) is 1.89. The van der Waals surface area contributed by atoms with Crippen molar-refractivity contribution in [3.8, 4) is 0 Å². The lowest BCUT2D eigenvalue weighted by Crippen LogP contribution is -2.16. The van der Waals surface area contributed by atoms with Gasteiger partial charge >= 0.3 is 0 Å². The molecule has 0 fully saturated rings. The van der Waals surface area contributed by atoms with Gasteiger partial charge in [-0.1, -0.05) is 17.7 Å². The highest BCUT2D eigenvalue weighted by molar-refractivity contribution is 5.78. The third-order valence-corrected chi connectivity index (χ3v) is 2.15. The molecule has 1 rings (SSSR count). The van der Waals surface area contributed by atoms with E-state index in [1.807, 2.05) is 13.8 Å². The number of rotatable bonds is 2. The van der Waals surface area contributed by atoms with Gasteiger partial charge in [0.2, 0.25) is 6.41 Å². The molecule has 0 aliphatic rings. The van der Waals surface area contributed by atoms with Crippen LogP contribution in [0.1, 0.15) is 16.7 Å². The summed E-state index contributed by atoms with van der Waals surface area (Å²) in [6, 6.07) is 4.17. The van der Waals surface area contributed by atoms with Crippen LogP contribution in [0.3, 0.4) is 0 Å². The second-order valence-corrected chi connectivity index (χ2v) is 3.46. The second-order valence-electron chi connectivity index (χ2n) is 3.46. The smallest absolute Gasteiger partial charge is 0.213 e. The molecule has 0 atom stereocenters. The Morgan fingerprint density at radius 2 is 1.62 bits per heavy atom. The summed E-state index contributed by atoms with van der Waals surface area (Å²) in [7, 11) is 1.78. The summed E-state index contributed by atoms with van der Waals surface area (Å²) in [5.41, 5.74) is 4.54. The molecule has 0 aromatic heterocycles. The summed E-state index contributed by atoms with van der Waals surface area (Å²) in [5, 5.41) is 0. The summed E-state index contributed by atoms with van der Waals surface area (Å²) >= 11 is 0. The number of anilines is 1. The zero-order valence-electron chi connectivity index (χ0n) is 8.59. The number of benzene rings is 1. The normalized spacial score (nSPS) is 9.85. The minimum absolute atomic E-state index is 0.838. The first-order chi connectivity index (χ1) is 6.06. The number of hydrogen-bond donors (Lipinski definition) is 0. The summed E-state index contributed by atoms with van der Waals surface area (Å²) in [6.45, 7) is 6.11. The van der Waals surface area contributed by atoms with Crippen molar-refractivity contribution in [3.05, 3.63) is 28.8 Å². The van der Waals surface area contributed by atoms with E-state index in [1.54, 1.807) is 11.9 Å². The fourth-order valence-electron chi connectivity index (χ4n) is 1.78. The van der Waals surface area contributed by atoms with Gasteiger partial charge in [-0.2, -0.15) is 0 Å². The molecule has 1 aromatic carbocycles. The van der Waals surface area contributed by atoms with Crippen molar-refractivity contribution in [2.24, 2.45) is 0 Å². The Labute approximate surface area is 79.2 Å². The largest absolute Gasteiger partial charge is 0.318 e. The maximum Gasteiger partial charge on any atom is 0.213 e. The first-order valence-electron chi connectivity index (χ1n) is 4.32. The van der Waals surface area contributed by atoms with Crippen LogP contribution in [0.15, 0.2) is 12.1 Å². The van der Waals surface area contributed by atoms with Crippen LogP contribution in [-0.4, -0.2) is 13.5 Å². The highest BCUT2D eigenvalue weighted by atomic mass is 16.1. The lowest BCUT2D eigenvalue weighted by atomic mass is 10.0. The van der Waals surface area contributed by atoms with E-state index in [0.717, 1.165) is 23.2 Å². The Morgan fingerprint density at radius 3 is 2.00 bits per heavy atom. The minimum Gasteiger partial charge on any atom is -0.318 e. The molecule has 0 saturated heterocycles. The van der Waals surface area contributed by atoms with Crippen LogP contribution in [0.5, 0.6) is 0 Å². The zero-order valence-corrected chi connectivity index (χ0v) is 8.59. The van der Waals surface area contributed by atoms with Gasteiger partial charge in [0, 0.05) is 12.7 Å². The van der Waals surface area contributed by atoms with Crippen LogP contribution in [0.25, 0.3) is 0 Å². The van der Waals surface area contributed by atoms with Gasteiger partial charge in [-0.05, 0) is 31.9 Å². The van der Waals surface area contributed by atoms with E-state index in [4.69, 9.17) is 0 Å². The van der Waals surface area contributed by atoms with Gasteiger partial charge in [0.15, 0.2) is 0 Å². The predicted molar refractivity (Wildman–Crippen MR) is 55.1 cm³/mol. The highest BCUT2D eigenvalue weighted by Crippen LogP contribution is 2.24. The fraction of sp³-hybridized carbons (Fsp3) is 0.364. The van der Waals surface area contributed by atoms with Crippen molar-refractivity contribution < 1.29 is 4.79 Å². The summed E-state index contributed by atoms with van der Waals surface area (Å²) in [5.74, 6) is 0. The number of aryl methyl sites for hydroxylation is 3. The van der Waals surface area contributed by atoms with E-state index < -0.39 is 0 Å². The first-order valence-corrected chi connectivity index (χ1v) is 4.32. The molecule has 0 N–H and O–H groups in total. The number of nitrogens with zero attached hydrogens (tertiary/aromatic N) is 1. The molecule has 0 spiro atoms. The maximum atomic E-state index is 10.6. The molecular formula is C11H15NO. The molecule has 70 valence electrons. The van der Waals surface area contributed by atoms with E-state index in [1.165, 1.54) is 5.56 Å². The Morgan fingerprint density at radius 1 is 1.15 bits per heavy atom. The summed E-state index contributed by atoms with van der Waals surface area (Å²) in [6.07, 6.45) is 0.838. The van der Waals surface area contributed by atoms with Crippen molar-refractivity contribution >= 4 is 12.1 Å². The van der Waals surface area contributed by atoms with Crippen molar-refractivity contribution in [1.82, 2.24) is 0 Å². The molecule has 0 aliphatic carbocycles. The molecule has 1 aromatic rings. The van der Waals surface area contributed by atoms with E-state index in [2.05, 4.69) is 19.1 Å².